The number of anilines is 1. The van der Waals surface area contributed by atoms with Crippen molar-refractivity contribution in [3.05, 3.63) is 65.5 Å². The van der Waals surface area contributed by atoms with Crippen molar-refractivity contribution in [2.45, 2.75) is 12.7 Å². The lowest BCUT2D eigenvalue weighted by Crippen LogP contribution is -2.48. The molecule has 3 rings (SSSR count). The fourth-order valence-electron chi connectivity index (χ4n) is 3.05. The van der Waals surface area contributed by atoms with Gasteiger partial charge in [0.15, 0.2) is 0 Å². The summed E-state index contributed by atoms with van der Waals surface area (Å²) in [5.41, 5.74) is 3.07. The number of nitrogens with one attached hydrogen (secondary N) is 2. The van der Waals surface area contributed by atoms with E-state index in [4.69, 9.17) is 4.74 Å². The Kier molecular flexibility index (Phi) is 7.48. The summed E-state index contributed by atoms with van der Waals surface area (Å²) in [5.74, 6) is -4.35. The molecule has 176 valence electrons. The number of para-hydroxylation sites is 1. The zero-order valence-electron chi connectivity index (χ0n) is 17.2. The summed E-state index contributed by atoms with van der Waals surface area (Å²) in [5, 5.41) is 0. The summed E-state index contributed by atoms with van der Waals surface area (Å²) in [4.78, 5) is 38.8. The van der Waals surface area contributed by atoms with Crippen LogP contribution in [0.15, 0.2) is 48.5 Å². The third-order valence-corrected chi connectivity index (χ3v) is 4.77. The number of alkyl halides is 3. The van der Waals surface area contributed by atoms with Crippen LogP contribution in [0.2, 0.25) is 0 Å². The van der Waals surface area contributed by atoms with Gasteiger partial charge in [-0.25, -0.2) is 9.18 Å². The lowest BCUT2D eigenvalue weighted by Gasteiger charge is -2.33. The molecule has 0 unspecified atom stereocenters. The topological polar surface area (TPSA) is 91.0 Å². The molecule has 8 nitrogen and oxygen atoms in total. The normalized spacial score (nSPS) is 13.9. The second-order valence-corrected chi connectivity index (χ2v) is 7.02. The monoisotopic (exact) mass is 468 g/mol. The largest absolute Gasteiger partial charge is 0.472 e. The van der Waals surface area contributed by atoms with Crippen molar-refractivity contribution in [2.75, 3.05) is 31.2 Å². The first-order valence-electron chi connectivity index (χ1n) is 9.82. The second-order valence-electron chi connectivity index (χ2n) is 7.02. The molecule has 0 aromatic heterocycles. The number of carbonyl (C=O) groups is 3. The Bertz CT molecular complexity index is 1010. The molecule has 33 heavy (non-hydrogen) atoms. The number of hydrogen-bond acceptors (Lipinski definition) is 4. The Morgan fingerprint density at radius 1 is 1.00 bits per heavy atom. The number of nitrogens with zero attached hydrogens (tertiary/aromatic N) is 2. The molecule has 2 N–H and O–H groups in total. The standard InChI is InChI=1S/C21H20F4N4O4/c22-17-12-14(18(30)26-27-19(31)21(23,24)25)6-7-15(17)13-29(16-4-2-1-3-5-16)20(32)28-8-10-33-11-9-28/h1-7,12H,8-11,13H2,(H,26,30)(H,27,31). The lowest BCUT2D eigenvalue weighted by atomic mass is 10.1. The predicted molar refractivity (Wildman–Crippen MR) is 108 cm³/mol. The van der Waals surface area contributed by atoms with Gasteiger partial charge < -0.3 is 9.64 Å². The van der Waals surface area contributed by atoms with Gasteiger partial charge in [-0.05, 0) is 24.3 Å². The number of urea groups is 1. The van der Waals surface area contributed by atoms with E-state index in [9.17, 15) is 31.9 Å². The van der Waals surface area contributed by atoms with Crippen molar-refractivity contribution >= 4 is 23.5 Å². The number of hydrogen-bond donors (Lipinski definition) is 2. The number of amides is 4. The number of carbonyl (C=O) groups excluding carboxylic acids is 3. The van der Waals surface area contributed by atoms with Crippen LogP contribution in [0, 0.1) is 5.82 Å². The first-order chi connectivity index (χ1) is 15.7. The van der Waals surface area contributed by atoms with Crippen molar-refractivity contribution in [3.63, 3.8) is 0 Å². The molecule has 1 fully saturated rings. The predicted octanol–water partition coefficient (Wildman–Crippen LogP) is 2.61. The molecule has 1 aliphatic rings. The molecular formula is C21H20F4N4O4. The first kappa shape index (κ1) is 24.0. The molecule has 0 aliphatic carbocycles. The van der Waals surface area contributed by atoms with E-state index in [0.717, 1.165) is 6.07 Å². The van der Waals surface area contributed by atoms with E-state index in [1.54, 1.807) is 40.7 Å². The van der Waals surface area contributed by atoms with Gasteiger partial charge in [-0.15, -0.1) is 0 Å². The molecule has 12 heteroatoms. The van der Waals surface area contributed by atoms with Gasteiger partial charge >= 0.3 is 18.1 Å². The van der Waals surface area contributed by atoms with Crippen LogP contribution in [0.25, 0.3) is 0 Å². The summed E-state index contributed by atoms with van der Waals surface area (Å²) in [6.45, 7) is 1.38. The summed E-state index contributed by atoms with van der Waals surface area (Å²) in [6, 6.07) is 11.5. The highest BCUT2D eigenvalue weighted by molar-refractivity contribution is 5.96. The minimum atomic E-state index is -5.18. The summed E-state index contributed by atoms with van der Waals surface area (Å²) < 4.78 is 56.7. The fourth-order valence-corrected chi connectivity index (χ4v) is 3.05. The molecule has 4 amide bonds. The second kappa shape index (κ2) is 10.3. The Hall–Kier alpha value is -3.67. The van der Waals surface area contributed by atoms with Crippen LogP contribution in [0.3, 0.4) is 0 Å². The van der Waals surface area contributed by atoms with Gasteiger partial charge in [-0.3, -0.25) is 25.3 Å². The molecule has 0 radical (unpaired) electrons. The van der Waals surface area contributed by atoms with Crippen LogP contribution in [0.4, 0.5) is 28.0 Å². The number of ether oxygens (including phenoxy) is 1. The van der Waals surface area contributed by atoms with Gasteiger partial charge in [0.05, 0.1) is 19.8 Å². The third kappa shape index (κ3) is 6.19. The number of rotatable bonds is 4. The Labute approximate surface area is 186 Å². The summed E-state index contributed by atoms with van der Waals surface area (Å²) in [7, 11) is 0. The van der Waals surface area contributed by atoms with Crippen molar-refractivity contribution in [3.8, 4) is 0 Å². The number of halogens is 4. The van der Waals surface area contributed by atoms with Crippen LogP contribution in [0.1, 0.15) is 15.9 Å². The van der Waals surface area contributed by atoms with Crippen LogP contribution in [0.5, 0.6) is 0 Å². The molecule has 1 aliphatic heterocycles. The average molecular weight is 468 g/mol. The summed E-state index contributed by atoms with van der Waals surface area (Å²) >= 11 is 0. The zero-order chi connectivity index (χ0) is 24.0. The Morgan fingerprint density at radius 2 is 1.67 bits per heavy atom. The van der Waals surface area contributed by atoms with E-state index in [1.807, 2.05) is 0 Å². The molecule has 0 saturated carbocycles. The van der Waals surface area contributed by atoms with E-state index < -0.39 is 23.8 Å². The minimum Gasteiger partial charge on any atom is -0.378 e. The van der Waals surface area contributed by atoms with Gasteiger partial charge in [0.25, 0.3) is 5.91 Å². The number of morpholine rings is 1. The van der Waals surface area contributed by atoms with Crippen molar-refractivity contribution < 1.29 is 36.7 Å². The minimum absolute atomic E-state index is 0.0799. The third-order valence-electron chi connectivity index (χ3n) is 4.77. The van der Waals surface area contributed by atoms with Crippen molar-refractivity contribution in [1.82, 2.24) is 15.8 Å². The van der Waals surface area contributed by atoms with E-state index in [-0.39, 0.29) is 23.7 Å². The smallest absolute Gasteiger partial charge is 0.378 e. The molecule has 1 heterocycles. The van der Waals surface area contributed by atoms with Crippen molar-refractivity contribution in [2.24, 2.45) is 0 Å². The van der Waals surface area contributed by atoms with Crippen LogP contribution in [-0.2, 0) is 16.1 Å². The zero-order valence-corrected chi connectivity index (χ0v) is 17.2. The molecule has 0 bridgehead atoms. The highest BCUT2D eigenvalue weighted by Crippen LogP contribution is 2.22. The van der Waals surface area contributed by atoms with E-state index in [1.165, 1.54) is 22.5 Å². The highest BCUT2D eigenvalue weighted by Gasteiger charge is 2.39. The van der Waals surface area contributed by atoms with Crippen molar-refractivity contribution in [1.29, 1.82) is 0 Å². The van der Waals surface area contributed by atoms with Gasteiger partial charge in [0, 0.05) is 29.9 Å². The van der Waals surface area contributed by atoms with Gasteiger partial charge in [0.2, 0.25) is 0 Å². The maximum Gasteiger partial charge on any atom is 0.472 e. The molecular weight excluding hydrogens is 448 g/mol. The van der Waals surface area contributed by atoms with Gasteiger partial charge in [-0.2, -0.15) is 13.2 Å². The number of hydrazine groups is 1. The Balaban J connectivity index is 1.76. The molecule has 2 aromatic rings. The van der Waals surface area contributed by atoms with Crippen LogP contribution >= 0.6 is 0 Å². The van der Waals surface area contributed by atoms with E-state index in [0.29, 0.717) is 32.0 Å². The average Bonchev–Trinajstić information content (AvgIpc) is 2.81. The highest BCUT2D eigenvalue weighted by atomic mass is 19.4. The first-order valence-corrected chi connectivity index (χ1v) is 9.82. The van der Waals surface area contributed by atoms with Gasteiger partial charge in [0.1, 0.15) is 5.82 Å². The van der Waals surface area contributed by atoms with Crippen LogP contribution in [-0.4, -0.2) is 55.2 Å². The van der Waals surface area contributed by atoms with Gasteiger partial charge in [-0.1, -0.05) is 24.3 Å². The van der Waals surface area contributed by atoms with E-state index >= 15 is 0 Å². The molecule has 2 aromatic carbocycles. The maximum atomic E-state index is 14.8. The maximum absolute atomic E-state index is 14.8. The van der Waals surface area contributed by atoms with Crippen LogP contribution < -0.4 is 15.8 Å². The SMILES string of the molecule is O=C(NNC(=O)C(F)(F)F)c1ccc(CN(C(=O)N2CCOCC2)c2ccccc2)c(F)c1. The Morgan fingerprint density at radius 3 is 2.27 bits per heavy atom. The van der Waals surface area contributed by atoms with E-state index in [2.05, 4.69) is 0 Å². The fraction of sp³-hybridized carbons (Fsp3) is 0.286. The molecule has 0 spiro atoms. The lowest BCUT2D eigenvalue weighted by molar-refractivity contribution is -0.174. The molecule has 1 saturated heterocycles. The number of benzene rings is 2. The quantitative estimate of drug-likeness (QED) is 0.533. The summed E-state index contributed by atoms with van der Waals surface area (Å²) in [6.07, 6.45) is -5.18. The molecule has 0 atom stereocenters.